The molecule has 0 radical (unpaired) electrons. The third kappa shape index (κ3) is 3.08. The Bertz CT molecular complexity index is 580. The Morgan fingerprint density at radius 2 is 2.16 bits per heavy atom. The van der Waals surface area contributed by atoms with E-state index in [1.807, 2.05) is 36.2 Å². The summed E-state index contributed by atoms with van der Waals surface area (Å²) in [4.78, 5) is 6.89. The van der Waals surface area contributed by atoms with Gasteiger partial charge < -0.3 is 10.6 Å². The molecule has 1 aromatic heterocycles. The van der Waals surface area contributed by atoms with Crippen molar-refractivity contribution in [1.82, 2.24) is 9.36 Å². The standard InChI is InChI=1S/C13H16N4S2/c1-3-6-11-15-13(19-16-11)17(2)10-8-5-4-7-9(10)12(14)18/h4-5,7-8H,3,6H2,1-2H3,(H2,14,18). The second-order valence-electron chi connectivity index (χ2n) is 4.18. The zero-order valence-electron chi connectivity index (χ0n) is 11.0. The molecule has 0 saturated carbocycles. The molecule has 2 rings (SSSR count). The van der Waals surface area contributed by atoms with E-state index < -0.39 is 0 Å². The molecule has 1 heterocycles. The van der Waals surface area contributed by atoms with Gasteiger partial charge >= 0.3 is 0 Å². The third-order valence-electron chi connectivity index (χ3n) is 2.75. The van der Waals surface area contributed by atoms with Crippen molar-refractivity contribution in [2.75, 3.05) is 11.9 Å². The van der Waals surface area contributed by atoms with Gasteiger partial charge in [-0.2, -0.15) is 4.37 Å². The largest absolute Gasteiger partial charge is 0.389 e. The summed E-state index contributed by atoms with van der Waals surface area (Å²) in [6.07, 6.45) is 1.95. The van der Waals surface area contributed by atoms with Crippen LogP contribution in [0.25, 0.3) is 0 Å². The van der Waals surface area contributed by atoms with Gasteiger partial charge in [0.25, 0.3) is 0 Å². The summed E-state index contributed by atoms with van der Waals surface area (Å²) in [7, 11) is 1.95. The first kappa shape index (κ1) is 13.9. The normalized spacial score (nSPS) is 10.4. The highest BCUT2D eigenvalue weighted by Crippen LogP contribution is 2.28. The molecular weight excluding hydrogens is 276 g/mol. The van der Waals surface area contributed by atoms with Gasteiger partial charge in [-0.15, -0.1) is 0 Å². The molecular formula is C13H16N4S2. The molecule has 6 heteroatoms. The summed E-state index contributed by atoms with van der Waals surface area (Å²) in [5, 5.41) is 0.854. The SMILES string of the molecule is CCCc1nsc(N(C)c2ccccc2C(N)=S)n1. The summed E-state index contributed by atoms with van der Waals surface area (Å²) in [5.74, 6) is 0.891. The second-order valence-corrected chi connectivity index (χ2v) is 5.35. The average Bonchev–Trinajstić information content (AvgIpc) is 2.87. The van der Waals surface area contributed by atoms with E-state index in [2.05, 4.69) is 16.3 Å². The summed E-state index contributed by atoms with van der Waals surface area (Å²) in [5.41, 5.74) is 7.56. The lowest BCUT2D eigenvalue weighted by atomic mass is 10.1. The van der Waals surface area contributed by atoms with Crippen molar-refractivity contribution in [3.05, 3.63) is 35.7 Å². The van der Waals surface area contributed by atoms with Crippen LogP contribution in [0.2, 0.25) is 0 Å². The number of benzene rings is 1. The van der Waals surface area contributed by atoms with Gasteiger partial charge in [-0.1, -0.05) is 31.3 Å². The number of hydrogen-bond acceptors (Lipinski definition) is 5. The van der Waals surface area contributed by atoms with Gasteiger partial charge in [-0.25, -0.2) is 4.98 Å². The monoisotopic (exact) mass is 292 g/mol. The molecule has 0 spiro atoms. The molecule has 0 atom stereocenters. The maximum absolute atomic E-state index is 5.76. The lowest BCUT2D eigenvalue weighted by molar-refractivity contribution is 0.859. The highest BCUT2D eigenvalue weighted by atomic mass is 32.1. The third-order valence-corrected chi connectivity index (χ3v) is 3.80. The molecule has 0 fully saturated rings. The topological polar surface area (TPSA) is 55.0 Å². The van der Waals surface area contributed by atoms with Gasteiger partial charge in [0, 0.05) is 30.6 Å². The molecule has 0 aliphatic carbocycles. The zero-order chi connectivity index (χ0) is 13.8. The van der Waals surface area contributed by atoms with Gasteiger partial charge in [0.15, 0.2) is 0 Å². The van der Waals surface area contributed by atoms with Gasteiger partial charge in [-0.05, 0) is 18.6 Å². The molecule has 0 amide bonds. The first-order valence-corrected chi connectivity index (χ1v) is 7.26. The van der Waals surface area contributed by atoms with Crippen molar-refractivity contribution in [3.63, 3.8) is 0 Å². The van der Waals surface area contributed by atoms with E-state index in [1.54, 1.807) is 0 Å². The van der Waals surface area contributed by atoms with Crippen LogP contribution in [0.15, 0.2) is 24.3 Å². The van der Waals surface area contributed by atoms with E-state index in [-0.39, 0.29) is 0 Å². The molecule has 100 valence electrons. The Hall–Kier alpha value is -1.53. The molecule has 2 aromatic rings. The van der Waals surface area contributed by atoms with Crippen LogP contribution in [0.1, 0.15) is 24.7 Å². The van der Waals surface area contributed by atoms with Crippen LogP contribution in [0, 0.1) is 0 Å². The Morgan fingerprint density at radius 3 is 2.84 bits per heavy atom. The molecule has 4 nitrogen and oxygen atoms in total. The number of nitrogens with zero attached hydrogens (tertiary/aromatic N) is 3. The van der Waals surface area contributed by atoms with Crippen LogP contribution in [0.3, 0.4) is 0 Å². The predicted molar refractivity (Wildman–Crippen MR) is 84.3 cm³/mol. The number of thiocarbonyl (C=S) groups is 1. The molecule has 2 N–H and O–H groups in total. The fraction of sp³-hybridized carbons (Fsp3) is 0.308. The zero-order valence-corrected chi connectivity index (χ0v) is 12.6. The maximum Gasteiger partial charge on any atom is 0.209 e. The van der Waals surface area contributed by atoms with Gasteiger partial charge in [0.2, 0.25) is 5.13 Å². The van der Waals surface area contributed by atoms with Crippen LogP contribution in [0.4, 0.5) is 10.8 Å². The van der Waals surface area contributed by atoms with Gasteiger partial charge in [-0.3, -0.25) is 0 Å². The highest BCUT2D eigenvalue weighted by Gasteiger charge is 2.14. The first-order chi connectivity index (χ1) is 9.13. The van der Waals surface area contributed by atoms with Crippen LogP contribution in [-0.4, -0.2) is 21.4 Å². The summed E-state index contributed by atoms with van der Waals surface area (Å²) in [6, 6.07) is 7.79. The van der Waals surface area contributed by atoms with E-state index in [0.717, 1.165) is 35.0 Å². The maximum atomic E-state index is 5.76. The molecule has 0 aliphatic heterocycles. The number of nitrogens with two attached hydrogens (primary N) is 1. The molecule has 0 aliphatic rings. The number of hydrogen-bond donors (Lipinski definition) is 1. The fourth-order valence-electron chi connectivity index (χ4n) is 1.78. The predicted octanol–water partition coefficient (Wildman–Crippen LogP) is 2.89. The van der Waals surface area contributed by atoms with Crippen molar-refractivity contribution < 1.29 is 0 Å². The van der Waals surface area contributed by atoms with Crippen molar-refractivity contribution in [1.29, 1.82) is 0 Å². The summed E-state index contributed by atoms with van der Waals surface area (Å²) < 4.78 is 4.35. The van der Waals surface area contributed by atoms with Crippen molar-refractivity contribution in [2.45, 2.75) is 19.8 Å². The quantitative estimate of drug-likeness (QED) is 0.859. The van der Waals surface area contributed by atoms with Crippen LogP contribution in [0.5, 0.6) is 0 Å². The Morgan fingerprint density at radius 1 is 1.42 bits per heavy atom. The second kappa shape index (κ2) is 6.08. The van der Waals surface area contributed by atoms with Crippen LogP contribution < -0.4 is 10.6 Å². The van der Waals surface area contributed by atoms with E-state index in [1.165, 1.54) is 11.5 Å². The molecule has 0 unspecified atom stereocenters. The molecule has 19 heavy (non-hydrogen) atoms. The van der Waals surface area contributed by atoms with Gasteiger partial charge in [0.1, 0.15) is 10.8 Å². The molecule has 0 saturated heterocycles. The smallest absolute Gasteiger partial charge is 0.209 e. The Kier molecular flexibility index (Phi) is 4.44. The number of anilines is 2. The van der Waals surface area contributed by atoms with Crippen molar-refractivity contribution in [2.24, 2.45) is 5.73 Å². The lowest BCUT2D eigenvalue weighted by Gasteiger charge is -2.18. The minimum absolute atomic E-state index is 0.390. The first-order valence-electron chi connectivity index (χ1n) is 6.08. The molecule has 1 aromatic carbocycles. The van der Waals surface area contributed by atoms with E-state index in [4.69, 9.17) is 18.0 Å². The summed E-state index contributed by atoms with van der Waals surface area (Å²) in [6.45, 7) is 2.12. The number of rotatable bonds is 5. The van der Waals surface area contributed by atoms with E-state index in [0.29, 0.717) is 4.99 Å². The molecule has 0 bridgehead atoms. The minimum atomic E-state index is 0.390. The average molecular weight is 292 g/mol. The van der Waals surface area contributed by atoms with Crippen molar-refractivity contribution >= 4 is 39.6 Å². The number of aromatic nitrogens is 2. The van der Waals surface area contributed by atoms with Gasteiger partial charge in [0.05, 0.1) is 5.69 Å². The highest BCUT2D eigenvalue weighted by molar-refractivity contribution is 7.80. The van der Waals surface area contributed by atoms with E-state index >= 15 is 0 Å². The number of para-hydroxylation sites is 1. The number of aryl methyl sites for hydroxylation is 1. The summed E-state index contributed by atoms with van der Waals surface area (Å²) >= 11 is 6.48. The van der Waals surface area contributed by atoms with Crippen LogP contribution >= 0.6 is 23.8 Å². The van der Waals surface area contributed by atoms with E-state index in [9.17, 15) is 0 Å². The Balaban J connectivity index is 2.32. The van der Waals surface area contributed by atoms with Crippen molar-refractivity contribution in [3.8, 4) is 0 Å². The fourth-order valence-corrected chi connectivity index (χ4v) is 2.64. The van der Waals surface area contributed by atoms with Crippen LogP contribution in [-0.2, 0) is 6.42 Å². The Labute approximate surface area is 122 Å². The lowest BCUT2D eigenvalue weighted by Crippen LogP contribution is -2.17. The minimum Gasteiger partial charge on any atom is -0.389 e.